The van der Waals surface area contributed by atoms with Crippen LogP contribution in [0.2, 0.25) is 3.12 Å². The molecule has 25 heavy (non-hydrogen) atoms. The van der Waals surface area contributed by atoms with Crippen LogP contribution in [-0.4, -0.2) is 47.8 Å². The number of allylic oxidation sites excluding steroid dienone is 4. The molecule has 0 radical (unpaired) electrons. The molecule has 1 unspecified atom stereocenters. The Kier molecular flexibility index (Phi) is 8.79. The average Bonchev–Trinajstić information content (AvgIpc) is 2.81. The van der Waals surface area contributed by atoms with Crippen LogP contribution in [-0.2, 0) is 21.1 Å². The molecule has 0 bridgehead atoms. The van der Waals surface area contributed by atoms with Gasteiger partial charge in [0.15, 0.2) is 0 Å². The fourth-order valence-corrected chi connectivity index (χ4v) is 22.3. The summed E-state index contributed by atoms with van der Waals surface area (Å²) in [4.78, 5) is 0. The van der Waals surface area contributed by atoms with Gasteiger partial charge in [-0.1, -0.05) is 0 Å². The topological polar surface area (TPSA) is 9.72 Å². The van der Waals surface area contributed by atoms with Gasteiger partial charge in [0.2, 0.25) is 0 Å². The van der Waals surface area contributed by atoms with Gasteiger partial charge in [-0.15, -0.1) is 0 Å². The van der Waals surface area contributed by atoms with Gasteiger partial charge in [-0.2, -0.15) is 0 Å². The molecule has 3 nitrogen and oxygen atoms in total. The van der Waals surface area contributed by atoms with Crippen molar-refractivity contribution in [3.8, 4) is 0 Å². The Hall–Kier alpha value is 0.243. The standard InChI is InChI=1S/C9H13.3C4H10N.Zr/c1-6-5-7(2)9(4)8(6)3;3*1-3-5-4-2;/h5H,1-4H3;3*3-4H2,1-2H3;/q;3*-1;+3. The molecule has 1 aliphatic carbocycles. The Morgan fingerprint density at radius 2 is 1.04 bits per heavy atom. The summed E-state index contributed by atoms with van der Waals surface area (Å²) in [6, 6.07) is 0. The molecule has 0 saturated heterocycles. The van der Waals surface area contributed by atoms with Crippen molar-refractivity contribution >= 4 is 0 Å². The summed E-state index contributed by atoms with van der Waals surface area (Å²) in [6.45, 7) is 30.7. The van der Waals surface area contributed by atoms with Crippen molar-refractivity contribution < 1.29 is 21.1 Å². The Labute approximate surface area is 163 Å². The van der Waals surface area contributed by atoms with Gasteiger partial charge in [0.25, 0.3) is 0 Å². The maximum atomic E-state index is 2.90. The van der Waals surface area contributed by atoms with Gasteiger partial charge >= 0.3 is 164 Å². The third-order valence-corrected chi connectivity index (χ3v) is 22.6. The molecule has 0 N–H and O–H groups in total. The van der Waals surface area contributed by atoms with Crippen molar-refractivity contribution in [2.75, 3.05) is 39.3 Å². The van der Waals surface area contributed by atoms with Gasteiger partial charge in [-0.3, -0.25) is 0 Å². The number of hydrogen-bond donors (Lipinski definition) is 0. The molecule has 0 aromatic carbocycles. The first kappa shape index (κ1) is 23.3. The second kappa shape index (κ2) is 9.44. The Morgan fingerprint density at radius 3 is 1.24 bits per heavy atom. The minimum absolute atomic E-state index is 0.187. The second-order valence-corrected chi connectivity index (χ2v) is 17.8. The molecule has 1 rings (SSSR count). The number of nitrogens with zero attached hydrogens (tertiary/aromatic N) is 3. The quantitative estimate of drug-likeness (QED) is 0.462. The van der Waals surface area contributed by atoms with Crippen LogP contribution in [0.1, 0.15) is 69.2 Å². The molecule has 0 heterocycles. The molecule has 1 atom stereocenters. The first-order valence-corrected chi connectivity index (χ1v) is 14.9. The third-order valence-electron chi connectivity index (χ3n) is 6.75. The third kappa shape index (κ3) is 3.54. The van der Waals surface area contributed by atoms with Crippen molar-refractivity contribution in [3.63, 3.8) is 0 Å². The van der Waals surface area contributed by atoms with Crippen molar-refractivity contribution in [2.24, 2.45) is 0 Å². The summed E-state index contributed by atoms with van der Waals surface area (Å²) < 4.78 is 8.90. The summed E-state index contributed by atoms with van der Waals surface area (Å²) in [5.74, 6) is 0. The molecule has 1 aliphatic rings. The van der Waals surface area contributed by atoms with Crippen LogP contribution in [0.4, 0.5) is 0 Å². The monoisotopic (exact) mass is 427 g/mol. The SMILES string of the molecule is CC[N](CC)[Zr]([N](CC)CC)([N](CC)CC)[C]1(C)C=C(C)C(C)=C1C. The van der Waals surface area contributed by atoms with Gasteiger partial charge < -0.3 is 0 Å². The van der Waals surface area contributed by atoms with E-state index in [1.165, 1.54) is 11.1 Å². The van der Waals surface area contributed by atoms with E-state index in [2.05, 4.69) is 83.8 Å². The summed E-state index contributed by atoms with van der Waals surface area (Å²) in [7, 11) is 0. The molecule has 0 aromatic heterocycles. The second-order valence-electron chi connectivity index (χ2n) is 7.43. The van der Waals surface area contributed by atoms with Crippen molar-refractivity contribution in [2.45, 2.75) is 72.4 Å². The molecule has 0 spiro atoms. The summed E-state index contributed by atoms with van der Waals surface area (Å²) >= 11 is -3.19. The van der Waals surface area contributed by atoms with Gasteiger partial charge in [-0.25, -0.2) is 0 Å². The molecular formula is C21H43N3Zr. The van der Waals surface area contributed by atoms with E-state index in [4.69, 9.17) is 0 Å². The van der Waals surface area contributed by atoms with E-state index >= 15 is 0 Å². The maximum absolute atomic E-state index is 3.19. The molecule has 0 aromatic rings. The van der Waals surface area contributed by atoms with Crippen LogP contribution in [0.25, 0.3) is 0 Å². The predicted molar refractivity (Wildman–Crippen MR) is 109 cm³/mol. The molecule has 0 aliphatic heterocycles. The Morgan fingerprint density at radius 1 is 0.720 bits per heavy atom. The van der Waals surface area contributed by atoms with Crippen LogP contribution in [0.15, 0.2) is 22.8 Å². The van der Waals surface area contributed by atoms with Crippen LogP contribution in [0.5, 0.6) is 0 Å². The van der Waals surface area contributed by atoms with Gasteiger partial charge in [0.05, 0.1) is 0 Å². The summed E-state index contributed by atoms with van der Waals surface area (Å²) in [6.07, 6.45) is 2.64. The Bertz CT molecular complexity index is 468. The average molecular weight is 429 g/mol. The zero-order chi connectivity index (χ0) is 19.4. The first-order valence-electron chi connectivity index (χ1n) is 10.4. The van der Waals surface area contributed by atoms with E-state index in [0.717, 1.165) is 39.3 Å². The zero-order valence-corrected chi connectivity index (χ0v) is 21.1. The van der Waals surface area contributed by atoms with E-state index < -0.39 is 21.1 Å². The molecule has 0 saturated carbocycles. The van der Waals surface area contributed by atoms with Gasteiger partial charge in [0.1, 0.15) is 0 Å². The molecule has 4 heteroatoms. The van der Waals surface area contributed by atoms with Crippen molar-refractivity contribution in [1.29, 1.82) is 0 Å². The summed E-state index contributed by atoms with van der Waals surface area (Å²) in [5.41, 5.74) is 4.63. The minimum atomic E-state index is -3.19. The normalized spacial score (nSPS) is 21.9. The number of hydrogen-bond acceptors (Lipinski definition) is 3. The predicted octanol–water partition coefficient (Wildman–Crippen LogP) is 5.39. The molecule has 146 valence electrons. The fourth-order valence-electron chi connectivity index (χ4n) is 5.26. The van der Waals surface area contributed by atoms with E-state index in [9.17, 15) is 0 Å². The van der Waals surface area contributed by atoms with Crippen LogP contribution < -0.4 is 0 Å². The fraction of sp³-hybridized carbons (Fsp3) is 0.810. The van der Waals surface area contributed by atoms with E-state index in [1.807, 2.05) is 0 Å². The van der Waals surface area contributed by atoms with E-state index in [0.29, 0.717) is 0 Å². The molecular weight excluding hydrogens is 385 g/mol. The van der Waals surface area contributed by atoms with Gasteiger partial charge in [0, 0.05) is 0 Å². The van der Waals surface area contributed by atoms with Gasteiger partial charge in [-0.05, 0) is 0 Å². The zero-order valence-electron chi connectivity index (χ0n) is 18.7. The number of rotatable bonds is 10. The first-order chi connectivity index (χ1) is 11.8. The summed E-state index contributed by atoms with van der Waals surface area (Å²) in [5, 5.41) is 0. The molecule has 0 fully saturated rings. The van der Waals surface area contributed by atoms with Crippen LogP contribution in [0.3, 0.4) is 0 Å². The van der Waals surface area contributed by atoms with Crippen LogP contribution >= 0.6 is 0 Å². The van der Waals surface area contributed by atoms with E-state index in [-0.39, 0.29) is 3.12 Å². The van der Waals surface area contributed by atoms with E-state index in [1.54, 1.807) is 5.57 Å². The molecule has 0 amide bonds. The van der Waals surface area contributed by atoms with Crippen molar-refractivity contribution in [3.05, 3.63) is 22.8 Å². The Balaban J connectivity index is 3.88. The van der Waals surface area contributed by atoms with Crippen LogP contribution in [0, 0.1) is 0 Å². The van der Waals surface area contributed by atoms with Crippen molar-refractivity contribution in [1.82, 2.24) is 8.53 Å².